The standard InChI is InChI=1S/C11H13NO4S/c1-5(2)7-9(14)12-8(11(15)16)6(3-13)4-17-10(7)12/h10,13H,3-4H2,1-2H3,(H,15,16). The summed E-state index contributed by atoms with van der Waals surface area (Å²) in [6, 6.07) is 0. The normalized spacial score (nSPS) is 23.5. The number of β-lactam (4-membered cyclic amide) rings is 1. The van der Waals surface area contributed by atoms with Gasteiger partial charge >= 0.3 is 5.97 Å². The number of allylic oxidation sites excluding steroid dienone is 1. The van der Waals surface area contributed by atoms with Crippen LogP contribution in [0.3, 0.4) is 0 Å². The Hall–Kier alpha value is -1.27. The number of hydrogen-bond donors (Lipinski definition) is 2. The summed E-state index contributed by atoms with van der Waals surface area (Å²) in [6.45, 7) is 3.36. The second-order valence-corrected chi connectivity index (χ2v) is 5.24. The monoisotopic (exact) mass is 255 g/mol. The van der Waals surface area contributed by atoms with Crippen LogP contribution >= 0.6 is 11.8 Å². The minimum absolute atomic E-state index is 0.0498. The van der Waals surface area contributed by atoms with E-state index in [1.54, 1.807) is 0 Å². The fourth-order valence-corrected chi connectivity index (χ4v) is 3.48. The highest BCUT2D eigenvalue weighted by molar-refractivity contribution is 8.00. The molecule has 5 nitrogen and oxygen atoms in total. The van der Waals surface area contributed by atoms with Gasteiger partial charge in [0, 0.05) is 11.3 Å². The van der Waals surface area contributed by atoms with Crippen molar-refractivity contribution in [1.82, 2.24) is 4.90 Å². The predicted octanol–water partition coefficient (Wildman–Crippen LogP) is 0.569. The van der Waals surface area contributed by atoms with E-state index in [1.165, 1.54) is 16.7 Å². The average molecular weight is 255 g/mol. The van der Waals surface area contributed by atoms with Gasteiger partial charge in [0.15, 0.2) is 0 Å². The van der Waals surface area contributed by atoms with Crippen molar-refractivity contribution in [2.75, 3.05) is 12.4 Å². The van der Waals surface area contributed by atoms with E-state index in [2.05, 4.69) is 0 Å². The molecule has 1 atom stereocenters. The third-order valence-electron chi connectivity index (χ3n) is 2.85. The maximum atomic E-state index is 11.9. The molecule has 0 aromatic rings. The number of carboxylic acid groups (broad SMARTS) is 1. The number of amides is 1. The Balaban J connectivity index is 2.44. The van der Waals surface area contributed by atoms with Crippen molar-refractivity contribution in [3.05, 3.63) is 22.4 Å². The lowest BCUT2D eigenvalue weighted by atomic mass is 9.98. The van der Waals surface area contributed by atoms with Crippen molar-refractivity contribution in [2.45, 2.75) is 19.2 Å². The van der Waals surface area contributed by atoms with Crippen LogP contribution in [-0.4, -0.2) is 44.7 Å². The molecule has 1 fully saturated rings. The summed E-state index contributed by atoms with van der Waals surface area (Å²) >= 11 is 1.47. The van der Waals surface area contributed by atoms with E-state index < -0.39 is 5.97 Å². The van der Waals surface area contributed by atoms with Crippen LogP contribution in [0.5, 0.6) is 0 Å². The van der Waals surface area contributed by atoms with Gasteiger partial charge in [-0.15, -0.1) is 11.8 Å². The molecular weight excluding hydrogens is 242 g/mol. The van der Waals surface area contributed by atoms with Crippen molar-refractivity contribution in [2.24, 2.45) is 0 Å². The van der Waals surface area contributed by atoms with Crippen LogP contribution in [-0.2, 0) is 9.59 Å². The Bertz CT molecular complexity index is 462. The average Bonchev–Trinajstić information content (AvgIpc) is 2.26. The fraction of sp³-hybridized carbons (Fsp3) is 0.455. The van der Waals surface area contributed by atoms with E-state index >= 15 is 0 Å². The van der Waals surface area contributed by atoms with Gasteiger partial charge in [-0.2, -0.15) is 0 Å². The van der Waals surface area contributed by atoms with Crippen LogP contribution in [0.2, 0.25) is 0 Å². The van der Waals surface area contributed by atoms with Gasteiger partial charge in [-0.25, -0.2) is 4.79 Å². The van der Waals surface area contributed by atoms with Crippen molar-refractivity contribution >= 4 is 23.6 Å². The quantitative estimate of drug-likeness (QED) is 0.557. The number of nitrogens with zero attached hydrogens (tertiary/aromatic N) is 1. The minimum Gasteiger partial charge on any atom is -0.477 e. The zero-order valence-electron chi connectivity index (χ0n) is 9.56. The lowest BCUT2D eigenvalue weighted by Crippen LogP contribution is -2.56. The maximum Gasteiger partial charge on any atom is 0.352 e. The highest BCUT2D eigenvalue weighted by Gasteiger charge is 2.49. The number of carbonyl (C=O) groups excluding carboxylic acids is 1. The van der Waals surface area contributed by atoms with E-state index in [0.29, 0.717) is 16.9 Å². The van der Waals surface area contributed by atoms with E-state index in [1.807, 2.05) is 13.8 Å². The molecule has 0 aromatic heterocycles. The molecule has 2 rings (SSSR count). The molecule has 0 aromatic carbocycles. The summed E-state index contributed by atoms with van der Waals surface area (Å²) in [6.07, 6.45) is 0. The van der Waals surface area contributed by atoms with Crippen LogP contribution in [0.15, 0.2) is 22.4 Å². The molecule has 1 saturated heterocycles. The van der Waals surface area contributed by atoms with Gasteiger partial charge in [0.1, 0.15) is 11.1 Å². The summed E-state index contributed by atoms with van der Waals surface area (Å²) in [5.74, 6) is -0.963. The molecule has 0 radical (unpaired) electrons. The smallest absolute Gasteiger partial charge is 0.352 e. The van der Waals surface area contributed by atoms with E-state index in [0.717, 1.165) is 5.57 Å². The first kappa shape index (κ1) is 12.2. The summed E-state index contributed by atoms with van der Waals surface area (Å²) in [5, 5.41) is 18.0. The fourth-order valence-electron chi connectivity index (χ4n) is 2.04. The lowest BCUT2D eigenvalue weighted by molar-refractivity contribution is -0.141. The number of carboxylic acids is 1. The molecule has 0 saturated carbocycles. The van der Waals surface area contributed by atoms with Gasteiger partial charge in [0.25, 0.3) is 5.91 Å². The number of hydrogen-bond acceptors (Lipinski definition) is 4. The molecule has 92 valence electrons. The number of carbonyl (C=O) groups is 2. The van der Waals surface area contributed by atoms with Crippen molar-refractivity contribution < 1.29 is 19.8 Å². The van der Waals surface area contributed by atoms with Gasteiger partial charge in [-0.1, -0.05) is 5.57 Å². The van der Waals surface area contributed by atoms with E-state index in [4.69, 9.17) is 10.2 Å². The zero-order valence-corrected chi connectivity index (χ0v) is 10.4. The molecule has 0 aliphatic carbocycles. The molecule has 2 aliphatic rings. The molecular formula is C11H13NO4S. The Labute approximate surface area is 103 Å². The van der Waals surface area contributed by atoms with Crippen LogP contribution < -0.4 is 0 Å². The van der Waals surface area contributed by atoms with Gasteiger partial charge in [-0.3, -0.25) is 9.69 Å². The first-order valence-electron chi connectivity index (χ1n) is 5.17. The van der Waals surface area contributed by atoms with Crippen molar-refractivity contribution in [3.8, 4) is 0 Å². The van der Waals surface area contributed by atoms with Gasteiger partial charge in [0.2, 0.25) is 0 Å². The Kier molecular flexibility index (Phi) is 3.01. The highest BCUT2D eigenvalue weighted by atomic mass is 32.2. The van der Waals surface area contributed by atoms with Crippen LogP contribution in [0.4, 0.5) is 0 Å². The molecule has 1 amide bonds. The van der Waals surface area contributed by atoms with Crippen LogP contribution in [0.25, 0.3) is 0 Å². The molecule has 6 heteroatoms. The SMILES string of the molecule is CC(C)=C1C(=O)N2C(C(=O)O)=C(CO)CSC12. The number of thioether (sulfide) groups is 1. The molecule has 1 unspecified atom stereocenters. The first-order chi connectivity index (χ1) is 7.99. The number of rotatable bonds is 2. The first-order valence-corrected chi connectivity index (χ1v) is 6.22. The Morgan fingerprint density at radius 3 is 2.65 bits per heavy atom. The van der Waals surface area contributed by atoms with E-state index in [9.17, 15) is 9.59 Å². The Morgan fingerprint density at radius 1 is 1.53 bits per heavy atom. The summed E-state index contributed by atoms with van der Waals surface area (Å²) in [4.78, 5) is 24.3. The predicted molar refractivity (Wildman–Crippen MR) is 63.2 cm³/mol. The number of fused-ring (bicyclic) bond motifs is 1. The molecule has 17 heavy (non-hydrogen) atoms. The van der Waals surface area contributed by atoms with Gasteiger partial charge < -0.3 is 10.2 Å². The minimum atomic E-state index is -1.15. The molecule has 2 heterocycles. The number of aliphatic hydroxyl groups excluding tert-OH is 1. The van der Waals surface area contributed by atoms with Crippen LogP contribution in [0.1, 0.15) is 13.8 Å². The second kappa shape index (κ2) is 4.19. The van der Waals surface area contributed by atoms with Gasteiger partial charge in [-0.05, 0) is 19.4 Å². The number of aliphatic carboxylic acids is 1. The van der Waals surface area contributed by atoms with Crippen molar-refractivity contribution in [3.63, 3.8) is 0 Å². The van der Waals surface area contributed by atoms with Crippen LogP contribution in [0, 0.1) is 0 Å². The third kappa shape index (κ3) is 1.68. The lowest BCUT2D eigenvalue weighted by Gasteiger charge is -2.46. The zero-order chi connectivity index (χ0) is 12.7. The van der Waals surface area contributed by atoms with Crippen molar-refractivity contribution in [1.29, 1.82) is 0 Å². The van der Waals surface area contributed by atoms with Gasteiger partial charge in [0.05, 0.1) is 6.61 Å². The summed E-state index contributed by atoms with van der Waals surface area (Å²) in [7, 11) is 0. The Morgan fingerprint density at radius 2 is 2.18 bits per heavy atom. The number of aliphatic hydroxyl groups is 1. The third-order valence-corrected chi connectivity index (χ3v) is 4.13. The molecule has 0 spiro atoms. The van der Waals surface area contributed by atoms with E-state index in [-0.39, 0.29) is 23.6 Å². The highest BCUT2D eigenvalue weighted by Crippen LogP contribution is 2.44. The molecule has 2 N–H and O–H groups in total. The maximum absolute atomic E-state index is 11.9. The largest absolute Gasteiger partial charge is 0.477 e. The molecule has 2 aliphatic heterocycles. The summed E-state index contributed by atoms with van der Waals surface area (Å²) in [5.41, 5.74) is 1.96. The second-order valence-electron chi connectivity index (χ2n) is 4.17. The topological polar surface area (TPSA) is 77.8 Å². The summed E-state index contributed by atoms with van der Waals surface area (Å²) < 4.78 is 0. The molecule has 0 bridgehead atoms.